The van der Waals surface area contributed by atoms with Crippen molar-refractivity contribution in [3.63, 3.8) is 0 Å². The van der Waals surface area contributed by atoms with Crippen molar-refractivity contribution in [3.8, 4) is 0 Å². The monoisotopic (exact) mass is 389 g/mol. The fourth-order valence-electron chi connectivity index (χ4n) is 2.71. The van der Waals surface area contributed by atoms with Crippen LogP contribution in [0.25, 0.3) is 0 Å². The Hall–Kier alpha value is -2.80. The molecule has 0 radical (unpaired) electrons. The first-order valence-electron chi connectivity index (χ1n) is 8.33. The maximum atomic E-state index is 13.3. The number of amides is 1. The van der Waals surface area contributed by atoms with Gasteiger partial charge in [-0.2, -0.15) is 0 Å². The lowest BCUT2D eigenvalue weighted by Gasteiger charge is -2.09. The molecule has 0 bridgehead atoms. The number of Topliss-reactive ketones (excluding diaryl/α,β-unsaturated/α-hetero) is 1. The van der Waals surface area contributed by atoms with Crippen molar-refractivity contribution < 1.29 is 18.7 Å². The number of halogens is 2. The van der Waals surface area contributed by atoms with Crippen LogP contribution < -0.4 is 5.32 Å². The van der Waals surface area contributed by atoms with Crippen LogP contribution in [-0.2, 0) is 17.6 Å². The van der Waals surface area contributed by atoms with Crippen LogP contribution in [0.1, 0.15) is 35.3 Å². The molecule has 3 rings (SSSR count). The summed E-state index contributed by atoms with van der Waals surface area (Å²) in [5.41, 5.74) is 1.70. The van der Waals surface area contributed by atoms with Crippen LogP contribution in [0, 0.1) is 5.82 Å². The zero-order chi connectivity index (χ0) is 19.6. The van der Waals surface area contributed by atoms with Crippen molar-refractivity contribution in [1.82, 2.24) is 10.3 Å². The van der Waals surface area contributed by atoms with E-state index in [1.165, 1.54) is 24.4 Å². The number of hydrogen-bond acceptors (Lipinski definition) is 5. The van der Waals surface area contributed by atoms with Gasteiger partial charge in [0, 0.05) is 30.2 Å². The van der Waals surface area contributed by atoms with E-state index in [1.54, 1.807) is 19.9 Å². The SMILES string of the molecule is CC(C)OC(=O)NC1=Nc2nccc(C(=O)Cc3ccc(F)c(Cl)c3)c2C1. The number of ketones is 1. The van der Waals surface area contributed by atoms with E-state index >= 15 is 0 Å². The molecule has 140 valence electrons. The molecule has 1 N–H and O–H groups in total. The summed E-state index contributed by atoms with van der Waals surface area (Å²) in [4.78, 5) is 32.8. The van der Waals surface area contributed by atoms with Gasteiger partial charge in [0.1, 0.15) is 11.7 Å². The van der Waals surface area contributed by atoms with Crippen LogP contribution in [0.15, 0.2) is 35.5 Å². The number of aliphatic imine (C=N–C) groups is 1. The molecule has 0 unspecified atom stereocenters. The number of alkyl carbamates (subject to hydrolysis) is 1. The van der Waals surface area contributed by atoms with Crippen molar-refractivity contribution in [3.05, 3.63) is 58.0 Å². The predicted molar refractivity (Wildman–Crippen MR) is 99.2 cm³/mol. The Morgan fingerprint density at radius 3 is 2.81 bits per heavy atom. The number of carbonyl (C=O) groups is 2. The topological polar surface area (TPSA) is 80.7 Å². The summed E-state index contributed by atoms with van der Waals surface area (Å²) in [6.45, 7) is 3.48. The normalized spacial score (nSPS) is 12.6. The molecule has 1 aromatic heterocycles. The van der Waals surface area contributed by atoms with Crippen molar-refractivity contribution in [2.75, 3.05) is 0 Å². The van der Waals surface area contributed by atoms with E-state index in [0.717, 1.165) is 0 Å². The Labute approximate surface area is 160 Å². The minimum Gasteiger partial charge on any atom is -0.447 e. The Bertz CT molecular complexity index is 944. The molecule has 8 heteroatoms. The van der Waals surface area contributed by atoms with Crippen LogP contribution >= 0.6 is 11.6 Å². The highest BCUT2D eigenvalue weighted by molar-refractivity contribution is 6.30. The Kier molecular flexibility index (Phi) is 5.51. The molecule has 0 spiro atoms. The fraction of sp³-hybridized carbons (Fsp3) is 0.263. The van der Waals surface area contributed by atoms with Crippen molar-refractivity contribution in [1.29, 1.82) is 0 Å². The van der Waals surface area contributed by atoms with Gasteiger partial charge in [-0.25, -0.2) is 19.2 Å². The van der Waals surface area contributed by atoms with Gasteiger partial charge in [0.15, 0.2) is 11.6 Å². The summed E-state index contributed by atoms with van der Waals surface area (Å²) in [5, 5.41) is 2.54. The number of rotatable bonds is 4. The number of amidine groups is 1. The minimum atomic E-state index is -0.606. The lowest BCUT2D eigenvalue weighted by molar-refractivity contribution is 0.0992. The van der Waals surface area contributed by atoms with E-state index in [2.05, 4.69) is 15.3 Å². The molecule has 27 heavy (non-hydrogen) atoms. The summed E-state index contributed by atoms with van der Waals surface area (Å²) >= 11 is 5.77. The molecular weight excluding hydrogens is 373 g/mol. The van der Waals surface area contributed by atoms with Crippen molar-refractivity contribution in [2.45, 2.75) is 32.8 Å². The second-order valence-corrected chi connectivity index (χ2v) is 6.73. The number of nitrogens with one attached hydrogen (secondary N) is 1. The largest absolute Gasteiger partial charge is 0.447 e. The van der Waals surface area contributed by atoms with Crippen LogP contribution in [0.4, 0.5) is 15.0 Å². The van der Waals surface area contributed by atoms with E-state index in [9.17, 15) is 14.0 Å². The van der Waals surface area contributed by atoms with Gasteiger partial charge in [-0.1, -0.05) is 17.7 Å². The Balaban J connectivity index is 1.74. The van der Waals surface area contributed by atoms with Gasteiger partial charge in [-0.05, 0) is 37.6 Å². The first kappa shape index (κ1) is 19.0. The van der Waals surface area contributed by atoms with Crippen molar-refractivity contribution in [2.24, 2.45) is 4.99 Å². The lowest BCUT2D eigenvalue weighted by Crippen LogP contribution is -2.32. The number of aromatic nitrogens is 1. The summed E-state index contributed by atoms with van der Waals surface area (Å²) < 4.78 is 18.3. The van der Waals surface area contributed by atoms with Gasteiger partial charge in [0.2, 0.25) is 0 Å². The molecule has 0 saturated carbocycles. The third kappa shape index (κ3) is 4.49. The maximum absolute atomic E-state index is 13.3. The summed E-state index contributed by atoms with van der Waals surface area (Å²) in [6, 6.07) is 5.79. The molecule has 1 aliphatic heterocycles. The number of fused-ring (bicyclic) bond motifs is 1. The van der Waals surface area contributed by atoms with Crippen LogP contribution in [0.5, 0.6) is 0 Å². The van der Waals surface area contributed by atoms with Crippen LogP contribution in [0.2, 0.25) is 5.02 Å². The van der Waals surface area contributed by atoms with Gasteiger partial charge < -0.3 is 4.74 Å². The van der Waals surface area contributed by atoms with Crippen LogP contribution in [0.3, 0.4) is 0 Å². The first-order valence-corrected chi connectivity index (χ1v) is 8.71. The molecule has 1 aliphatic rings. The third-order valence-electron chi connectivity index (χ3n) is 3.86. The molecular formula is C19H17ClFN3O3. The summed E-state index contributed by atoms with van der Waals surface area (Å²) in [7, 11) is 0. The average molecular weight is 390 g/mol. The van der Waals surface area contributed by atoms with E-state index in [0.29, 0.717) is 28.3 Å². The van der Waals surface area contributed by atoms with E-state index in [4.69, 9.17) is 16.3 Å². The highest BCUT2D eigenvalue weighted by Crippen LogP contribution is 2.28. The molecule has 0 aliphatic carbocycles. The van der Waals surface area contributed by atoms with E-state index < -0.39 is 11.9 Å². The Morgan fingerprint density at radius 2 is 2.11 bits per heavy atom. The zero-order valence-corrected chi connectivity index (χ0v) is 15.5. The Morgan fingerprint density at radius 1 is 1.33 bits per heavy atom. The minimum absolute atomic E-state index is 0.0289. The maximum Gasteiger partial charge on any atom is 0.412 e. The number of ether oxygens (including phenoxy) is 1. The second-order valence-electron chi connectivity index (χ2n) is 6.32. The standard InChI is InChI=1S/C19H17ClFN3O3/c1-10(2)27-19(26)24-17-9-13-12(5-6-22-18(13)23-17)16(25)8-11-3-4-15(21)14(20)7-11/h3-7,10H,8-9H2,1-2H3,(H,22,23,24,26). The van der Waals surface area contributed by atoms with E-state index in [1.807, 2.05) is 0 Å². The quantitative estimate of drug-likeness (QED) is 0.801. The number of carbonyl (C=O) groups excluding carboxylic acids is 2. The molecule has 2 aromatic rings. The van der Waals surface area contributed by atoms with Gasteiger partial charge >= 0.3 is 6.09 Å². The molecule has 0 fully saturated rings. The lowest BCUT2D eigenvalue weighted by atomic mass is 9.98. The number of benzene rings is 1. The molecule has 2 heterocycles. The molecule has 1 amide bonds. The second kappa shape index (κ2) is 7.84. The number of nitrogens with zero attached hydrogens (tertiary/aromatic N) is 2. The van der Waals surface area contributed by atoms with Gasteiger partial charge in [-0.15, -0.1) is 0 Å². The van der Waals surface area contributed by atoms with E-state index in [-0.39, 0.29) is 29.8 Å². The summed E-state index contributed by atoms with van der Waals surface area (Å²) in [5.74, 6) is 0.0543. The summed E-state index contributed by atoms with van der Waals surface area (Å²) in [6.07, 6.45) is 0.955. The average Bonchev–Trinajstić information content (AvgIpc) is 2.99. The number of hydrogen-bond donors (Lipinski definition) is 1. The molecule has 0 atom stereocenters. The molecule has 6 nitrogen and oxygen atoms in total. The highest BCUT2D eigenvalue weighted by atomic mass is 35.5. The zero-order valence-electron chi connectivity index (χ0n) is 14.8. The van der Waals surface area contributed by atoms with Crippen molar-refractivity contribution >= 4 is 35.1 Å². The molecule has 0 saturated heterocycles. The predicted octanol–water partition coefficient (Wildman–Crippen LogP) is 4.02. The highest BCUT2D eigenvalue weighted by Gasteiger charge is 2.24. The van der Waals surface area contributed by atoms with Gasteiger partial charge in [0.05, 0.1) is 11.1 Å². The van der Waals surface area contributed by atoms with Gasteiger partial charge in [-0.3, -0.25) is 10.1 Å². The molecule has 1 aromatic carbocycles. The van der Waals surface area contributed by atoms with Gasteiger partial charge in [0.25, 0.3) is 0 Å². The fourth-order valence-corrected chi connectivity index (χ4v) is 2.91. The van der Waals surface area contributed by atoms with Crippen LogP contribution in [-0.4, -0.2) is 28.8 Å². The third-order valence-corrected chi connectivity index (χ3v) is 4.15. The number of pyridine rings is 1. The smallest absolute Gasteiger partial charge is 0.412 e. The first-order chi connectivity index (χ1) is 12.8.